The van der Waals surface area contributed by atoms with E-state index in [1.807, 2.05) is 10.6 Å². The van der Waals surface area contributed by atoms with Gasteiger partial charge in [-0.25, -0.2) is 15.0 Å². The monoisotopic (exact) mass is 732 g/mol. The molecule has 0 aliphatic carbocycles. The molecule has 8 rings (SSSR count). The molecule has 2 aromatic heterocycles. The smallest absolute Gasteiger partial charge is 0.166 e. The quantitative estimate of drug-likeness (QED) is 0.134. The minimum Gasteiger partial charge on any atom is -0.302 e. The number of halogens is 2. The van der Waals surface area contributed by atoms with E-state index >= 15 is 0 Å². The molecule has 0 fully saturated rings. The SMILES string of the molecule is C[Si](C)=[Zr]([Cl])[Cl].Cc1cc2c(-c3ccccc3)cccc2[cH-]1.c1ccc(-c2cccc3[cH-]c(-n4cnc5cncnc54)cc23)cc1. The van der Waals surface area contributed by atoms with Crippen LogP contribution in [-0.2, 0) is 18.0 Å². The molecule has 8 heteroatoms. The summed E-state index contributed by atoms with van der Waals surface area (Å²) in [6, 6.07) is 42.8. The molecule has 228 valence electrons. The fourth-order valence-electron chi connectivity index (χ4n) is 5.44. The second-order valence-electron chi connectivity index (χ2n) is 11.2. The predicted molar refractivity (Wildman–Crippen MR) is 194 cm³/mol. The Balaban J connectivity index is 0.000000146. The summed E-state index contributed by atoms with van der Waals surface area (Å²) in [5.74, 6) is 0. The largest absolute Gasteiger partial charge is 0.302 e. The molecule has 2 heterocycles. The first kappa shape index (κ1) is 32.3. The Bertz CT molecular complexity index is 2250. The van der Waals surface area contributed by atoms with Gasteiger partial charge >= 0.3 is 53.5 Å². The molecule has 0 spiro atoms. The molecule has 0 aliphatic rings. The van der Waals surface area contributed by atoms with Crippen LogP contribution in [0, 0.1) is 6.92 Å². The van der Waals surface area contributed by atoms with E-state index in [0.717, 1.165) is 16.9 Å². The van der Waals surface area contributed by atoms with Crippen LogP contribution in [0.2, 0.25) is 13.1 Å². The molecule has 0 aliphatic heterocycles. The molecule has 8 aromatic rings. The van der Waals surface area contributed by atoms with Crippen molar-refractivity contribution in [2.24, 2.45) is 0 Å². The Labute approximate surface area is 284 Å². The third kappa shape index (κ3) is 7.32. The molecule has 4 nitrogen and oxygen atoms in total. The van der Waals surface area contributed by atoms with Gasteiger partial charge in [-0.2, -0.15) is 6.07 Å². The van der Waals surface area contributed by atoms with Crippen LogP contribution >= 0.6 is 17.0 Å². The van der Waals surface area contributed by atoms with Crippen LogP contribution in [0.5, 0.6) is 0 Å². The van der Waals surface area contributed by atoms with Gasteiger partial charge in [-0.15, -0.1) is 69.6 Å². The summed E-state index contributed by atoms with van der Waals surface area (Å²) < 4.78 is 2.01. The maximum Gasteiger partial charge on any atom is 0.166 e. The van der Waals surface area contributed by atoms with Gasteiger partial charge in [-0.05, 0) is 16.8 Å². The number of aromatic nitrogens is 4. The van der Waals surface area contributed by atoms with E-state index in [9.17, 15) is 0 Å². The van der Waals surface area contributed by atoms with E-state index in [2.05, 4.69) is 150 Å². The summed E-state index contributed by atoms with van der Waals surface area (Å²) in [4.78, 5) is 12.8. The van der Waals surface area contributed by atoms with Crippen LogP contribution in [0.25, 0.3) is 60.6 Å². The minimum absolute atomic E-state index is 0.224. The van der Waals surface area contributed by atoms with Crippen molar-refractivity contribution in [1.29, 1.82) is 0 Å². The molecule has 0 saturated carbocycles. The number of imidazole rings is 1. The van der Waals surface area contributed by atoms with E-state index in [0.29, 0.717) is 0 Å². The molecule has 0 N–H and O–H groups in total. The summed E-state index contributed by atoms with van der Waals surface area (Å²) in [5, 5.41) is 5.13. The summed E-state index contributed by atoms with van der Waals surface area (Å²) in [6.45, 7) is 6.48. The van der Waals surface area contributed by atoms with Crippen molar-refractivity contribution in [2.75, 3.05) is 0 Å². The summed E-state index contributed by atoms with van der Waals surface area (Å²) >= 11 is -1.65. The maximum absolute atomic E-state index is 5.62. The number of fused-ring (bicyclic) bond motifs is 3. The molecule has 0 radical (unpaired) electrons. The van der Waals surface area contributed by atoms with Gasteiger partial charge < -0.3 is 4.57 Å². The molecule has 6 aromatic carbocycles. The van der Waals surface area contributed by atoms with Gasteiger partial charge in [-0.3, -0.25) is 0 Å². The van der Waals surface area contributed by atoms with Gasteiger partial charge in [0.05, 0.1) is 6.20 Å². The Hall–Kier alpha value is -3.67. The third-order valence-corrected chi connectivity index (χ3v) is 27.4. The first-order valence-corrected chi connectivity index (χ1v) is 27.5. The molecule has 0 bridgehead atoms. The average molecular weight is 735 g/mol. The van der Waals surface area contributed by atoms with Gasteiger partial charge in [0.1, 0.15) is 18.2 Å². The van der Waals surface area contributed by atoms with Crippen molar-refractivity contribution in [3.05, 3.63) is 146 Å². The van der Waals surface area contributed by atoms with Crippen LogP contribution in [0.4, 0.5) is 0 Å². The van der Waals surface area contributed by atoms with Crippen LogP contribution in [0.3, 0.4) is 0 Å². The predicted octanol–water partition coefficient (Wildman–Crippen LogP) is 11.1. The van der Waals surface area contributed by atoms with E-state index in [1.54, 1.807) is 18.9 Å². The number of hydrogen-bond acceptors (Lipinski definition) is 3. The van der Waals surface area contributed by atoms with E-state index < -0.39 is 18.0 Å². The number of aryl methyl sites for hydroxylation is 1. The van der Waals surface area contributed by atoms with Gasteiger partial charge in [0.15, 0.2) is 5.65 Å². The maximum atomic E-state index is 5.62. The molecule has 0 atom stereocenters. The summed E-state index contributed by atoms with van der Waals surface area (Å²) in [7, 11) is 11.2. The van der Waals surface area contributed by atoms with Gasteiger partial charge in [0, 0.05) is 0 Å². The van der Waals surface area contributed by atoms with E-state index in [4.69, 9.17) is 17.0 Å². The van der Waals surface area contributed by atoms with Crippen molar-refractivity contribution in [2.45, 2.75) is 20.0 Å². The molecular weight excluding hydrogens is 703 g/mol. The standard InChI is InChI=1S/C20H13N4.C16H13.C2H6Si.2ClH.Zr/c1-2-5-14(6-3-1)17-8-4-7-15-9-16(10-18(15)17)24-13-23-19-11-21-12-22-20(19)24;1-12-10-14-8-5-9-15(16(14)11-12)13-6-3-2-4-7-13;1-3-2;;;/h1-13H;2-11H,1H3;1-2H3;2*1H;/q2*-1;;;;+2/p-2. The van der Waals surface area contributed by atoms with Crippen molar-refractivity contribution in [1.82, 2.24) is 19.5 Å². The fourth-order valence-corrected chi connectivity index (χ4v) is 5.44. The summed E-state index contributed by atoms with van der Waals surface area (Å²) in [5.41, 5.74) is 8.86. The normalized spacial score (nSPS) is 10.7. The van der Waals surface area contributed by atoms with Gasteiger partial charge in [-0.1, -0.05) is 90.8 Å². The number of rotatable bonds is 3. The van der Waals surface area contributed by atoms with Gasteiger partial charge in [0.2, 0.25) is 0 Å². The second-order valence-corrected chi connectivity index (χ2v) is 34.2. The van der Waals surface area contributed by atoms with Crippen LogP contribution in [0.1, 0.15) is 5.56 Å². The Morgan fingerprint density at radius 3 is 1.85 bits per heavy atom. The van der Waals surface area contributed by atoms with Crippen molar-refractivity contribution < 1.29 is 18.0 Å². The van der Waals surface area contributed by atoms with E-state index in [1.165, 1.54) is 49.4 Å². The molecule has 0 saturated heterocycles. The Morgan fingerprint density at radius 1 is 0.696 bits per heavy atom. The van der Waals surface area contributed by atoms with E-state index in [-0.39, 0.29) is 5.43 Å². The summed E-state index contributed by atoms with van der Waals surface area (Å²) in [6.07, 6.45) is 5.09. The number of nitrogens with zero attached hydrogens (tertiary/aromatic N) is 4. The van der Waals surface area contributed by atoms with Crippen molar-refractivity contribution in [3.8, 4) is 27.9 Å². The van der Waals surface area contributed by atoms with Crippen LogP contribution in [0.15, 0.2) is 140 Å². The Morgan fingerprint density at radius 2 is 1.26 bits per heavy atom. The third-order valence-electron chi connectivity index (χ3n) is 7.67. The zero-order valence-corrected chi connectivity index (χ0v) is 30.8. The second kappa shape index (κ2) is 14.8. The van der Waals surface area contributed by atoms with Gasteiger partial charge in [0.25, 0.3) is 0 Å². The zero-order valence-electron chi connectivity index (χ0n) is 25.8. The topological polar surface area (TPSA) is 43.6 Å². The molecular formula is C38H32Cl2N4SiZr-2. The first-order valence-electron chi connectivity index (χ1n) is 15.0. The van der Waals surface area contributed by atoms with Crippen molar-refractivity contribution in [3.63, 3.8) is 0 Å². The number of hydrogen-bond donors (Lipinski definition) is 0. The van der Waals surface area contributed by atoms with Crippen LogP contribution in [-0.4, -0.2) is 25.0 Å². The molecule has 0 unspecified atom stereocenters. The van der Waals surface area contributed by atoms with Crippen molar-refractivity contribution >= 4 is 55.2 Å². The first-order chi connectivity index (χ1) is 22.4. The number of benzene rings is 4. The van der Waals surface area contributed by atoms with Crippen LogP contribution < -0.4 is 0 Å². The minimum atomic E-state index is -1.65. The zero-order chi connectivity index (χ0) is 32.0. The Kier molecular flexibility index (Phi) is 10.4. The molecule has 46 heavy (non-hydrogen) atoms. The fraction of sp³-hybridized carbons (Fsp3) is 0.0789. The average Bonchev–Trinajstić information content (AvgIpc) is 3.81. The molecule has 0 amide bonds.